The van der Waals surface area contributed by atoms with Gasteiger partial charge < -0.3 is 9.47 Å². The minimum atomic E-state index is -3.53. The van der Waals surface area contributed by atoms with Gasteiger partial charge in [0.25, 0.3) is 0 Å². The van der Waals surface area contributed by atoms with Crippen molar-refractivity contribution in [2.45, 2.75) is 4.90 Å². The van der Waals surface area contributed by atoms with Crippen LogP contribution in [0.25, 0.3) is 0 Å². The molecule has 7 heteroatoms. The standard InChI is InChI=1S/C16H17NO5S/c1-17(2)23(19,20)13-10-8-12(9-11-13)16(18)22-15-7-5-4-6-14(15)21-3/h4-11H,1-3H3. The molecule has 0 heterocycles. The molecule has 0 fully saturated rings. The third kappa shape index (κ3) is 3.69. The second-order valence-corrected chi connectivity index (χ2v) is 7.00. The van der Waals surface area contributed by atoms with Gasteiger partial charge in [-0.3, -0.25) is 0 Å². The highest BCUT2D eigenvalue weighted by Gasteiger charge is 2.18. The lowest BCUT2D eigenvalue weighted by Crippen LogP contribution is -2.22. The molecule has 6 nitrogen and oxygen atoms in total. The predicted molar refractivity (Wildman–Crippen MR) is 85.3 cm³/mol. The van der Waals surface area contributed by atoms with Crippen molar-refractivity contribution in [3.63, 3.8) is 0 Å². The maximum Gasteiger partial charge on any atom is 0.343 e. The molecule has 0 unspecified atom stereocenters. The number of carbonyl (C=O) groups is 1. The van der Waals surface area contributed by atoms with Crippen LogP contribution in [-0.2, 0) is 10.0 Å². The van der Waals surface area contributed by atoms with Gasteiger partial charge in [-0.2, -0.15) is 0 Å². The van der Waals surface area contributed by atoms with Crippen molar-refractivity contribution in [2.75, 3.05) is 21.2 Å². The number of ether oxygens (including phenoxy) is 2. The molecule has 0 bridgehead atoms. The van der Waals surface area contributed by atoms with Crippen molar-refractivity contribution in [3.8, 4) is 11.5 Å². The van der Waals surface area contributed by atoms with Crippen molar-refractivity contribution in [2.24, 2.45) is 0 Å². The van der Waals surface area contributed by atoms with Gasteiger partial charge in [-0.25, -0.2) is 17.5 Å². The lowest BCUT2D eigenvalue weighted by atomic mass is 10.2. The minimum absolute atomic E-state index is 0.108. The monoisotopic (exact) mass is 335 g/mol. The summed E-state index contributed by atoms with van der Waals surface area (Å²) in [6.45, 7) is 0. The lowest BCUT2D eigenvalue weighted by Gasteiger charge is -2.12. The fourth-order valence-corrected chi connectivity index (χ4v) is 2.74. The highest BCUT2D eigenvalue weighted by atomic mass is 32.2. The summed E-state index contributed by atoms with van der Waals surface area (Å²) >= 11 is 0. The molecule has 0 aliphatic rings. The van der Waals surface area contributed by atoms with E-state index in [0.29, 0.717) is 11.5 Å². The molecule has 122 valence electrons. The Hall–Kier alpha value is -2.38. The van der Waals surface area contributed by atoms with Gasteiger partial charge in [0.15, 0.2) is 11.5 Å². The Labute approximate surface area is 135 Å². The van der Waals surface area contributed by atoms with E-state index in [-0.39, 0.29) is 10.5 Å². The average molecular weight is 335 g/mol. The molecule has 23 heavy (non-hydrogen) atoms. The number of para-hydroxylation sites is 2. The summed E-state index contributed by atoms with van der Waals surface area (Å²) in [5, 5.41) is 0. The molecule has 2 rings (SSSR count). The maximum absolute atomic E-state index is 12.1. The van der Waals surface area contributed by atoms with Crippen LogP contribution >= 0.6 is 0 Å². The fourth-order valence-electron chi connectivity index (χ4n) is 1.84. The van der Waals surface area contributed by atoms with Crippen LogP contribution in [0, 0.1) is 0 Å². The van der Waals surface area contributed by atoms with Gasteiger partial charge in [-0.1, -0.05) is 12.1 Å². The second-order valence-electron chi connectivity index (χ2n) is 4.85. The number of hydrogen-bond acceptors (Lipinski definition) is 5. The zero-order chi connectivity index (χ0) is 17.0. The zero-order valence-corrected chi connectivity index (χ0v) is 13.8. The fraction of sp³-hybridized carbons (Fsp3) is 0.188. The number of hydrogen-bond donors (Lipinski definition) is 0. The van der Waals surface area contributed by atoms with Crippen molar-refractivity contribution < 1.29 is 22.7 Å². The molecule has 0 atom stereocenters. The molecular formula is C16H17NO5S. The van der Waals surface area contributed by atoms with Gasteiger partial charge in [0.1, 0.15) is 0 Å². The SMILES string of the molecule is COc1ccccc1OC(=O)c1ccc(S(=O)(=O)N(C)C)cc1. The summed E-state index contributed by atoms with van der Waals surface area (Å²) in [4.78, 5) is 12.2. The van der Waals surface area contributed by atoms with E-state index in [0.717, 1.165) is 4.31 Å². The van der Waals surface area contributed by atoms with Crippen molar-refractivity contribution >= 4 is 16.0 Å². The second kappa shape index (κ2) is 6.80. The normalized spacial score (nSPS) is 11.3. The zero-order valence-electron chi connectivity index (χ0n) is 13.0. The third-order valence-corrected chi connectivity index (χ3v) is 4.97. The van der Waals surface area contributed by atoms with E-state index in [9.17, 15) is 13.2 Å². The van der Waals surface area contributed by atoms with Gasteiger partial charge in [0.2, 0.25) is 10.0 Å². The van der Waals surface area contributed by atoms with Gasteiger partial charge in [-0.05, 0) is 36.4 Å². The first kappa shape index (κ1) is 17.0. The summed E-state index contributed by atoms with van der Waals surface area (Å²) in [5.74, 6) is 0.140. The van der Waals surface area contributed by atoms with Gasteiger partial charge in [-0.15, -0.1) is 0 Å². The molecule has 2 aromatic carbocycles. The van der Waals surface area contributed by atoms with E-state index in [4.69, 9.17) is 9.47 Å². The van der Waals surface area contributed by atoms with Crippen LogP contribution < -0.4 is 9.47 Å². The minimum Gasteiger partial charge on any atom is -0.493 e. The third-order valence-electron chi connectivity index (χ3n) is 3.14. The van der Waals surface area contributed by atoms with Gasteiger partial charge in [0.05, 0.1) is 17.6 Å². The summed E-state index contributed by atoms with van der Waals surface area (Å²) in [5.41, 5.74) is 0.244. The highest BCUT2D eigenvalue weighted by Crippen LogP contribution is 2.26. The lowest BCUT2D eigenvalue weighted by molar-refractivity contribution is 0.0729. The number of methoxy groups -OCH3 is 1. The first-order valence-electron chi connectivity index (χ1n) is 6.74. The Morgan fingerprint density at radius 2 is 1.52 bits per heavy atom. The van der Waals surface area contributed by atoms with Crippen LogP contribution in [0.5, 0.6) is 11.5 Å². The smallest absolute Gasteiger partial charge is 0.343 e. The molecule has 0 radical (unpaired) electrons. The molecule has 0 aliphatic heterocycles. The first-order valence-corrected chi connectivity index (χ1v) is 8.18. The van der Waals surface area contributed by atoms with Crippen molar-refractivity contribution in [1.29, 1.82) is 0 Å². The van der Waals surface area contributed by atoms with E-state index in [2.05, 4.69) is 0 Å². The van der Waals surface area contributed by atoms with Crippen molar-refractivity contribution in [1.82, 2.24) is 4.31 Å². The first-order chi connectivity index (χ1) is 10.9. The molecule has 0 aliphatic carbocycles. The number of carbonyl (C=O) groups excluding carboxylic acids is 1. The van der Waals surface area contributed by atoms with Gasteiger partial charge in [0, 0.05) is 14.1 Å². The van der Waals surface area contributed by atoms with Gasteiger partial charge >= 0.3 is 5.97 Å². The topological polar surface area (TPSA) is 72.9 Å². The summed E-state index contributed by atoms with van der Waals surface area (Å²) in [7, 11) is 0.839. The molecule has 0 saturated carbocycles. The Morgan fingerprint density at radius 1 is 0.957 bits per heavy atom. The van der Waals surface area contributed by atoms with E-state index >= 15 is 0 Å². The molecule has 0 saturated heterocycles. The summed E-state index contributed by atoms with van der Waals surface area (Å²) in [6, 6.07) is 12.3. The maximum atomic E-state index is 12.1. The average Bonchev–Trinajstić information content (AvgIpc) is 2.55. The molecule has 2 aromatic rings. The van der Waals surface area contributed by atoms with Crippen LogP contribution in [0.4, 0.5) is 0 Å². The van der Waals surface area contributed by atoms with Crippen LogP contribution in [0.3, 0.4) is 0 Å². The Kier molecular flexibility index (Phi) is 5.02. The highest BCUT2D eigenvalue weighted by molar-refractivity contribution is 7.89. The number of benzene rings is 2. The van der Waals surface area contributed by atoms with E-state index in [1.54, 1.807) is 24.3 Å². The number of rotatable bonds is 5. The van der Waals surface area contributed by atoms with Crippen LogP contribution in [0.2, 0.25) is 0 Å². The van der Waals surface area contributed by atoms with Crippen LogP contribution in [0.15, 0.2) is 53.4 Å². The molecule has 0 aromatic heterocycles. The molecular weight excluding hydrogens is 318 g/mol. The van der Waals surface area contributed by atoms with E-state index in [1.165, 1.54) is 45.5 Å². The largest absolute Gasteiger partial charge is 0.493 e. The predicted octanol–water partition coefficient (Wildman–Crippen LogP) is 2.16. The summed E-state index contributed by atoms with van der Waals surface area (Å²) in [6.07, 6.45) is 0. The summed E-state index contributed by atoms with van der Waals surface area (Å²) < 4.78 is 35.4. The molecule has 0 N–H and O–H groups in total. The Balaban J connectivity index is 2.21. The number of sulfonamides is 1. The number of esters is 1. The van der Waals surface area contributed by atoms with Crippen LogP contribution in [0.1, 0.15) is 10.4 Å². The molecule has 0 amide bonds. The Bertz CT molecular complexity index is 797. The quantitative estimate of drug-likeness (QED) is 0.618. The molecule has 0 spiro atoms. The number of nitrogens with zero attached hydrogens (tertiary/aromatic N) is 1. The van der Waals surface area contributed by atoms with Crippen LogP contribution in [-0.4, -0.2) is 39.9 Å². The van der Waals surface area contributed by atoms with E-state index < -0.39 is 16.0 Å². The van der Waals surface area contributed by atoms with Crippen molar-refractivity contribution in [3.05, 3.63) is 54.1 Å². The van der Waals surface area contributed by atoms with E-state index in [1.807, 2.05) is 0 Å². The Morgan fingerprint density at radius 3 is 2.04 bits per heavy atom.